The Hall–Kier alpha value is -2.94. The van der Waals surface area contributed by atoms with Crippen LogP contribution in [0.1, 0.15) is 6.92 Å². The van der Waals surface area contributed by atoms with Gasteiger partial charge < -0.3 is 14.3 Å². The third kappa shape index (κ3) is 5.15. The van der Waals surface area contributed by atoms with E-state index in [1.165, 1.54) is 6.92 Å². The van der Waals surface area contributed by atoms with Crippen LogP contribution in [0.2, 0.25) is 0 Å². The molecule has 1 aliphatic rings. The predicted octanol–water partition coefficient (Wildman–Crippen LogP) is 1.90. The fraction of sp³-hybridized carbons (Fsp3) is 0.364. The zero-order valence-corrected chi connectivity index (χ0v) is 17.0. The second kappa shape index (κ2) is 9.25. The van der Waals surface area contributed by atoms with Gasteiger partial charge in [0.25, 0.3) is 0 Å². The summed E-state index contributed by atoms with van der Waals surface area (Å²) in [5, 5.41) is 12.3. The number of aliphatic hydroxyl groups excluding tert-OH is 1. The number of oxazole rings is 1. The molecule has 1 atom stereocenters. The average molecular weight is 410 g/mol. The minimum atomic E-state index is -0.606. The molecule has 8 heteroatoms. The number of rotatable bonds is 7. The number of piperazine rings is 1. The largest absolute Gasteiger partial charge is 0.491 e. The Kier molecular flexibility index (Phi) is 6.27. The highest BCUT2D eigenvalue weighted by Crippen LogP contribution is 2.26. The van der Waals surface area contributed by atoms with E-state index in [1.54, 1.807) is 0 Å². The lowest BCUT2D eigenvalue weighted by Gasteiger charge is -2.35. The van der Waals surface area contributed by atoms with Crippen molar-refractivity contribution in [3.63, 3.8) is 0 Å². The van der Waals surface area contributed by atoms with Crippen molar-refractivity contribution in [3.05, 3.63) is 48.5 Å². The van der Waals surface area contributed by atoms with Crippen molar-refractivity contribution in [1.82, 2.24) is 20.3 Å². The van der Waals surface area contributed by atoms with Gasteiger partial charge in [-0.15, -0.1) is 0 Å². The van der Waals surface area contributed by atoms with Crippen molar-refractivity contribution in [2.75, 3.05) is 39.3 Å². The van der Waals surface area contributed by atoms with Gasteiger partial charge in [0, 0.05) is 51.3 Å². The van der Waals surface area contributed by atoms with E-state index in [4.69, 9.17) is 9.15 Å². The maximum atomic E-state index is 11.1. The van der Waals surface area contributed by atoms with Crippen molar-refractivity contribution in [1.29, 1.82) is 0 Å². The molecule has 2 N–H and O–H groups in total. The van der Waals surface area contributed by atoms with E-state index in [0.717, 1.165) is 37.3 Å². The molecule has 4 rings (SSSR count). The van der Waals surface area contributed by atoms with E-state index in [-0.39, 0.29) is 12.5 Å². The zero-order chi connectivity index (χ0) is 20.9. The highest BCUT2D eigenvalue weighted by Gasteiger charge is 2.20. The molecule has 1 aliphatic heterocycles. The number of hydrogen-bond donors (Lipinski definition) is 2. The van der Waals surface area contributed by atoms with E-state index in [9.17, 15) is 9.90 Å². The van der Waals surface area contributed by atoms with Gasteiger partial charge >= 0.3 is 0 Å². The summed E-state index contributed by atoms with van der Waals surface area (Å²) >= 11 is 0. The van der Waals surface area contributed by atoms with Crippen molar-refractivity contribution in [2.24, 2.45) is 0 Å². The molecule has 0 unspecified atom stereocenters. The Morgan fingerprint density at radius 1 is 1.20 bits per heavy atom. The van der Waals surface area contributed by atoms with E-state index < -0.39 is 6.10 Å². The van der Waals surface area contributed by atoms with Gasteiger partial charge in [-0.1, -0.05) is 18.2 Å². The first-order valence-corrected chi connectivity index (χ1v) is 10.1. The minimum absolute atomic E-state index is 0.0585. The highest BCUT2D eigenvalue weighted by atomic mass is 16.5. The number of aliphatic hydroxyl groups is 1. The summed E-state index contributed by atoms with van der Waals surface area (Å²) in [5.41, 5.74) is 5.13. The molecule has 8 nitrogen and oxygen atoms in total. The Morgan fingerprint density at radius 3 is 2.70 bits per heavy atom. The molecule has 1 amide bonds. The third-order valence-electron chi connectivity index (χ3n) is 4.98. The summed E-state index contributed by atoms with van der Waals surface area (Å²) < 4.78 is 11.6. The van der Waals surface area contributed by atoms with E-state index in [0.29, 0.717) is 23.8 Å². The zero-order valence-electron chi connectivity index (χ0n) is 17.0. The van der Waals surface area contributed by atoms with Gasteiger partial charge in [-0.2, -0.15) is 0 Å². The smallest absolute Gasteiger partial charge is 0.231 e. The van der Waals surface area contributed by atoms with Crippen LogP contribution in [0, 0.1) is 0 Å². The molecule has 0 spiro atoms. The Labute approximate surface area is 175 Å². The van der Waals surface area contributed by atoms with Crippen molar-refractivity contribution >= 4 is 17.0 Å². The monoisotopic (exact) mass is 410 g/mol. The first kappa shape index (κ1) is 20.3. The molecule has 0 saturated carbocycles. The van der Waals surface area contributed by atoms with Crippen molar-refractivity contribution in [2.45, 2.75) is 13.0 Å². The van der Waals surface area contributed by atoms with Crippen LogP contribution in [0.3, 0.4) is 0 Å². The van der Waals surface area contributed by atoms with Gasteiger partial charge in [0.1, 0.15) is 24.0 Å². The first-order valence-electron chi connectivity index (χ1n) is 10.1. The number of amides is 1. The molecule has 1 fully saturated rings. The second-order valence-electron chi connectivity index (χ2n) is 7.44. The van der Waals surface area contributed by atoms with Crippen LogP contribution in [0.5, 0.6) is 5.75 Å². The topological polar surface area (TPSA) is 91.1 Å². The van der Waals surface area contributed by atoms with Crippen LogP contribution in [-0.4, -0.2) is 71.3 Å². The molecule has 2 heterocycles. The van der Waals surface area contributed by atoms with E-state index in [2.05, 4.69) is 15.3 Å². The predicted molar refractivity (Wildman–Crippen MR) is 113 cm³/mol. The lowest BCUT2D eigenvalue weighted by atomic mass is 10.2. The molecule has 158 valence electrons. The summed E-state index contributed by atoms with van der Waals surface area (Å²) in [4.78, 5) is 17.8. The highest BCUT2D eigenvalue weighted by molar-refractivity contribution is 5.77. The summed E-state index contributed by atoms with van der Waals surface area (Å²) in [6, 6.07) is 15.2. The molecular formula is C22H26N4O4. The molecule has 30 heavy (non-hydrogen) atoms. The van der Waals surface area contributed by atoms with Gasteiger partial charge in [0.15, 0.2) is 5.58 Å². The summed E-state index contributed by atoms with van der Waals surface area (Å²) in [6.07, 6.45) is -0.606. The normalized spacial score (nSPS) is 16.5. The molecule has 0 bridgehead atoms. The molecule has 2 aromatic carbocycles. The Balaban J connectivity index is 1.29. The van der Waals surface area contributed by atoms with Crippen LogP contribution in [-0.2, 0) is 4.79 Å². The molecular weight excluding hydrogens is 384 g/mol. The fourth-order valence-corrected chi connectivity index (χ4v) is 3.51. The fourth-order valence-electron chi connectivity index (χ4n) is 3.51. The molecule has 1 aromatic heterocycles. The summed E-state index contributed by atoms with van der Waals surface area (Å²) in [7, 11) is 0. The number of aromatic nitrogens is 1. The van der Waals surface area contributed by atoms with Crippen molar-refractivity contribution in [3.8, 4) is 17.2 Å². The molecule has 1 saturated heterocycles. The van der Waals surface area contributed by atoms with Gasteiger partial charge in [0.05, 0.1) is 0 Å². The number of fused-ring (bicyclic) bond motifs is 1. The van der Waals surface area contributed by atoms with E-state index >= 15 is 0 Å². The number of carbonyl (C=O) groups excluding carboxylic acids is 1. The SMILES string of the molecule is CC(=O)NN1CCN(C[C@@H](O)COc2ccc3oc(-c4ccccc4)nc3c2)CC1. The van der Waals surface area contributed by atoms with Crippen molar-refractivity contribution < 1.29 is 19.1 Å². The molecule has 0 radical (unpaired) electrons. The van der Waals surface area contributed by atoms with Crippen LogP contribution in [0.15, 0.2) is 52.9 Å². The number of ether oxygens (including phenoxy) is 1. The average Bonchev–Trinajstić information content (AvgIpc) is 3.17. The minimum Gasteiger partial charge on any atom is -0.491 e. The number of hydrogen-bond acceptors (Lipinski definition) is 7. The lowest BCUT2D eigenvalue weighted by Crippen LogP contribution is -2.54. The second-order valence-corrected chi connectivity index (χ2v) is 7.44. The maximum Gasteiger partial charge on any atom is 0.231 e. The number of β-amino-alcohol motifs (C(OH)–C–C–N with tert-alkyl or cyclic N) is 1. The van der Waals surface area contributed by atoms with Gasteiger partial charge in [-0.25, -0.2) is 9.99 Å². The number of nitrogens with zero attached hydrogens (tertiary/aromatic N) is 3. The van der Waals surface area contributed by atoms with Crippen LogP contribution in [0.4, 0.5) is 0 Å². The Morgan fingerprint density at radius 2 is 1.97 bits per heavy atom. The van der Waals surface area contributed by atoms with Gasteiger partial charge in [0.2, 0.25) is 11.8 Å². The third-order valence-corrected chi connectivity index (χ3v) is 4.98. The van der Waals surface area contributed by atoms with E-state index in [1.807, 2.05) is 53.5 Å². The number of hydrazine groups is 1. The summed E-state index contributed by atoms with van der Waals surface area (Å²) in [5.74, 6) is 1.16. The quantitative estimate of drug-likeness (QED) is 0.615. The number of carbonyl (C=O) groups is 1. The van der Waals surface area contributed by atoms with Crippen LogP contribution >= 0.6 is 0 Å². The maximum absolute atomic E-state index is 11.1. The molecule has 0 aliphatic carbocycles. The Bertz CT molecular complexity index is 983. The summed E-state index contributed by atoms with van der Waals surface area (Å²) in [6.45, 7) is 5.26. The number of benzene rings is 2. The van der Waals surface area contributed by atoms with Gasteiger partial charge in [-0.3, -0.25) is 15.1 Å². The first-order chi connectivity index (χ1) is 14.6. The van der Waals surface area contributed by atoms with Crippen LogP contribution < -0.4 is 10.2 Å². The molecule has 3 aromatic rings. The van der Waals surface area contributed by atoms with Gasteiger partial charge in [-0.05, 0) is 24.3 Å². The number of nitrogens with one attached hydrogen (secondary N) is 1. The lowest BCUT2D eigenvalue weighted by molar-refractivity contribution is -0.124. The van der Waals surface area contributed by atoms with Crippen LogP contribution in [0.25, 0.3) is 22.6 Å². The standard InChI is InChI=1S/C22H26N4O4/c1-16(27)24-26-11-9-25(10-12-26)14-18(28)15-29-19-7-8-21-20(13-19)23-22(30-21)17-5-3-2-4-6-17/h2-8,13,18,28H,9-12,14-15H2,1H3,(H,24,27)/t18-/m1/s1.